The second-order valence-electron chi connectivity index (χ2n) is 8.39. The van der Waals surface area contributed by atoms with Crippen molar-refractivity contribution in [3.63, 3.8) is 0 Å². The Hall–Kier alpha value is -2.69. The highest BCUT2D eigenvalue weighted by Gasteiger charge is 2.29. The average molecular weight is 362 g/mol. The monoisotopic (exact) mass is 362 g/mol. The van der Waals surface area contributed by atoms with Gasteiger partial charge in [-0.15, -0.1) is 0 Å². The Morgan fingerprint density at radius 1 is 1.26 bits per heavy atom. The zero-order valence-electron chi connectivity index (χ0n) is 16.2. The third kappa shape index (κ3) is 3.46. The van der Waals surface area contributed by atoms with Crippen LogP contribution >= 0.6 is 0 Å². The van der Waals surface area contributed by atoms with Crippen molar-refractivity contribution in [2.24, 2.45) is 5.41 Å². The summed E-state index contributed by atoms with van der Waals surface area (Å²) in [5.41, 5.74) is 2.87. The third-order valence-corrected chi connectivity index (χ3v) is 5.28. The molecule has 0 bridgehead atoms. The van der Waals surface area contributed by atoms with Gasteiger partial charge in [-0.05, 0) is 24.8 Å². The molecule has 3 heterocycles. The highest BCUT2D eigenvalue weighted by Crippen LogP contribution is 2.29. The van der Waals surface area contributed by atoms with Gasteiger partial charge in [-0.2, -0.15) is 0 Å². The lowest BCUT2D eigenvalue weighted by molar-refractivity contribution is 0.0860. The summed E-state index contributed by atoms with van der Waals surface area (Å²) in [5.74, 6) is 0.950. The van der Waals surface area contributed by atoms with Crippen LogP contribution < -0.4 is 4.90 Å². The predicted octanol–water partition coefficient (Wildman–Crippen LogP) is 4.40. The maximum absolute atomic E-state index is 12.8. The molecule has 27 heavy (non-hydrogen) atoms. The number of benzene rings is 1. The predicted molar refractivity (Wildman–Crippen MR) is 108 cm³/mol. The number of rotatable bonds is 4. The van der Waals surface area contributed by atoms with Crippen LogP contribution in [0.2, 0.25) is 0 Å². The minimum atomic E-state index is -0.448. The molecule has 3 aromatic rings. The summed E-state index contributed by atoms with van der Waals surface area (Å²) >= 11 is 0. The Balaban J connectivity index is 1.66. The average Bonchev–Trinajstić information content (AvgIpc) is 3.27. The zero-order valence-corrected chi connectivity index (χ0v) is 16.2. The molecular formula is C22H26N4O. The van der Waals surface area contributed by atoms with Crippen molar-refractivity contribution >= 4 is 22.8 Å². The summed E-state index contributed by atoms with van der Waals surface area (Å²) in [7, 11) is 0. The summed E-state index contributed by atoms with van der Waals surface area (Å²) in [6.45, 7) is 6.77. The van der Waals surface area contributed by atoms with E-state index in [1.165, 1.54) is 5.56 Å². The number of anilines is 1. The normalized spacial score (nSPS) is 17.6. The van der Waals surface area contributed by atoms with Crippen LogP contribution in [0.4, 0.5) is 5.82 Å². The van der Waals surface area contributed by atoms with Gasteiger partial charge >= 0.3 is 0 Å². The standard InChI is InChI=1S/C22H26N4O/c1-22(2,3)20(27)17-13-23-21-19(17)25-18(14-24-21)26-11-7-10-16(26)12-15-8-5-4-6-9-15/h4-6,8-9,13-14,16H,7,10-12H2,1-3H3,(H,23,24). The first-order valence-corrected chi connectivity index (χ1v) is 9.63. The van der Waals surface area contributed by atoms with Crippen LogP contribution in [0.15, 0.2) is 42.7 Å². The Morgan fingerprint density at radius 3 is 2.78 bits per heavy atom. The fourth-order valence-corrected chi connectivity index (χ4v) is 3.83. The van der Waals surface area contributed by atoms with Gasteiger partial charge in [0, 0.05) is 24.2 Å². The van der Waals surface area contributed by atoms with Gasteiger partial charge in [0.1, 0.15) is 11.3 Å². The van der Waals surface area contributed by atoms with Gasteiger partial charge in [-0.3, -0.25) is 4.79 Å². The van der Waals surface area contributed by atoms with E-state index in [4.69, 9.17) is 4.98 Å². The fourth-order valence-electron chi connectivity index (χ4n) is 3.83. The van der Waals surface area contributed by atoms with Crippen molar-refractivity contribution in [2.45, 2.75) is 46.1 Å². The lowest BCUT2D eigenvalue weighted by Crippen LogP contribution is -2.31. The Labute approximate surface area is 159 Å². The van der Waals surface area contributed by atoms with Crippen LogP contribution in [0, 0.1) is 5.41 Å². The van der Waals surface area contributed by atoms with E-state index >= 15 is 0 Å². The van der Waals surface area contributed by atoms with Gasteiger partial charge in [0.2, 0.25) is 0 Å². The number of fused-ring (bicyclic) bond motifs is 1. The number of H-pyrrole nitrogens is 1. The molecule has 2 aromatic heterocycles. The molecule has 0 radical (unpaired) electrons. The molecule has 4 rings (SSSR count). The smallest absolute Gasteiger partial charge is 0.171 e. The number of nitrogens with zero attached hydrogens (tertiary/aromatic N) is 3. The Morgan fingerprint density at radius 2 is 2.04 bits per heavy atom. The van der Waals surface area contributed by atoms with E-state index in [2.05, 4.69) is 45.2 Å². The SMILES string of the molecule is CC(C)(C)C(=O)c1c[nH]c2ncc(N3CCCC3Cc3ccccc3)nc12. The first-order chi connectivity index (χ1) is 12.9. The molecule has 5 nitrogen and oxygen atoms in total. The van der Waals surface area contributed by atoms with Crippen LogP contribution in [-0.2, 0) is 6.42 Å². The minimum Gasteiger partial charge on any atom is -0.352 e. The summed E-state index contributed by atoms with van der Waals surface area (Å²) in [6, 6.07) is 11.0. The summed E-state index contributed by atoms with van der Waals surface area (Å²) in [4.78, 5) is 27.6. The molecule has 1 saturated heterocycles. The van der Waals surface area contributed by atoms with E-state index in [1.54, 1.807) is 6.20 Å². The Kier molecular flexibility index (Phi) is 4.46. The lowest BCUT2D eigenvalue weighted by atomic mass is 9.87. The number of aromatic amines is 1. The molecule has 1 aliphatic heterocycles. The van der Waals surface area contributed by atoms with E-state index in [0.29, 0.717) is 22.8 Å². The molecule has 0 saturated carbocycles. The molecule has 5 heteroatoms. The number of ketones is 1. The second-order valence-corrected chi connectivity index (χ2v) is 8.39. The molecule has 0 amide bonds. The number of aromatic nitrogens is 3. The highest BCUT2D eigenvalue weighted by atomic mass is 16.1. The van der Waals surface area contributed by atoms with E-state index in [9.17, 15) is 4.79 Å². The van der Waals surface area contributed by atoms with E-state index in [1.807, 2.05) is 27.0 Å². The van der Waals surface area contributed by atoms with Crippen molar-refractivity contribution < 1.29 is 4.79 Å². The number of hydrogen-bond donors (Lipinski definition) is 1. The summed E-state index contributed by atoms with van der Waals surface area (Å²) < 4.78 is 0. The molecule has 1 N–H and O–H groups in total. The van der Waals surface area contributed by atoms with Gasteiger partial charge in [-0.25, -0.2) is 9.97 Å². The van der Waals surface area contributed by atoms with Crippen LogP contribution in [-0.4, -0.2) is 33.3 Å². The molecule has 1 aromatic carbocycles. The third-order valence-electron chi connectivity index (χ3n) is 5.28. The van der Waals surface area contributed by atoms with Gasteiger partial charge in [0.15, 0.2) is 11.4 Å². The number of carbonyl (C=O) groups is 1. The van der Waals surface area contributed by atoms with Crippen molar-refractivity contribution in [3.8, 4) is 0 Å². The molecular weight excluding hydrogens is 336 g/mol. The maximum Gasteiger partial charge on any atom is 0.171 e. The summed E-state index contributed by atoms with van der Waals surface area (Å²) in [5, 5.41) is 0. The molecule has 140 valence electrons. The van der Waals surface area contributed by atoms with Crippen molar-refractivity contribution in [2.75, 3.05) is 11.4 Å². The van der Waals surface area contributed by atoms with Crippen molar-refractivity contribution in [3.05, 3.63) is 53.9 Å². The topological polar surface area (TPSA) is 61.9 Å². The van der Waals surface area contributed by atoms with E-state index < -0.39 is 5.41 Å². The highest BCUT2D eigenvalue weighted by molar-refractivity contribution is 6.08. The minimum absolute atomic E-state index is 0.0856. The second kappa shape index (κ2) is 6.80. The van der Waals surface area contributed by atoms with Crippen LogP contribution in [0.25, 0.3) is 11.2 Å². The number of hydrogen-bond acceptors (Lipinski definition) is 4. The van der Waals surface area contributed by atoms with Gasteiger partial charge < -0.3 is 9.88 Å². The molecule has 1 unspecified atom stereocenters. The van der Waals surface area contributed by atoms with Crippen molar-refractivity contribution in [1.82, 2.24) is 15.0 Å². The fraction of sp³-hybridized carbons (Fsp3) is 0.409. The quantitative estimate of drug-likeness (QED) is 0.699. The number of nitrogens with one attached hydrogen (secondary N) is 1. The van der Waals surface area contributed by atoms with Crippen LogP contribution in [0.1, 0.15) is 49.5 Å². The van der Waals surface area contributed by atoms with E-state index in [0.717, 1.165) is 31.6 Å². The molecule has 1 fully saturated rings. The number of Topliss-reactive ketones (excluding diaryl/α,β-unsaturated/α-hetero) is 1. The molecule has 1 atom stereocenters. The molecule has 0 spiro atoms. The van der Waals surface area contributed by atoms with Crippen LogP contribution in [0.3, 0.4) is 0 Å². The first kappa shape index (κ1) is 17.7. The first-order valence-electron chi connectivity index (χ1n) is 9.63. The lowest BCUT2D eigenvalue weighted by Gasteiger charge is -2.25. The molecule has 0 aliphatic carbocycles. The maximum atomic E-state index is 12.8. The van der Waals surface area contributed by atoms with Crippen LogP contribution in [0.5, 0.6) is 0 Å². The summed E-state index contributed by atoms with van der Waals surface area (Å²) in [6.07, 6.45) is 6.87. The van der Waals surface area contributed by atoms with Crippen molar-refractivity contribution in [1.29, 1.82) is 0 Å². The Bertz CT molecular complexity index is 955. The van der Waals surface area contributed by atoms with Gasteiger partial charge in [0.05, 0.1) is 11.8 Å². The van der Waals surface area contributed by atoms with Gasteiger partial charge in [0.25, 0.3) is 0 Å². The van der Waals surface area contributed by atoms with E-state index in [-0.39, 0.29) is 5.78 Å². The molecule has 1 aliphatic rings. The number of carbonyl (C=O) groups excluding carboxylic acids is 1. The largest absolute Gasteiger partial charge is 0.352 e. The zero-order chi connectivity index (χ0) is 19.0. The van der Waals surface area contributed by atoms with Gasteiger partial charge in [-0.1, -0.05) is 51.1 Å².